The van der Waals surface area contributed by atoms with Crippen LogP contribution in [0.3, 0.4) is 0 Å². The molecule has 0 aliphatic carbocycles. The first-order chi connectivity index (χ1) is 8.20. The second-order valence-electron chi connectivity index (χ2n) is 5.02. The summed E-state index contributed by atoms with van der Waals surface area (Å²) in [6.45, 7) is 4.92. The second-order valence-corrected chi connectivity index (χ2v) is 5.02. The normalized spacial score (nSPS) is 12.8. The molecule has 0 atom stereocenters. The number of aromatic nitrogens is 1. The molecule has 0 spiro atoms. The Morgan fingerprint density at radius 2 is 1.76 bits per heavy atom. The monoisotopic (exact) mass is 223 g/mol. The SMILES string of the molecule is CC(C)B1c2ccccc2-c2ccc[n+](N)c21. The van der Waals surface area contributed by atoms with E-state index in [1.807, 2.05) is 12.3 Å². The molecule has 0 saturated carbocycles. The van der Waals surface area contributed by atoms with Crippen molar-refractivity contribution in [1.82, 2.24) is 0 Å². The number of pyridine rings is 1. The topological polar surface area (TPSA) is 29.9 Å². The quantitative estimate of drug-likeness (QED) is 0.430. The molecule has 84 valence electrons. The van der Waals surface area contributed by atoms with Crippen LogP contribution in [0.15, 0.2) is 42.6 Å². The highest BCUT2D eigenvalue weighted by Gasteiger charge is 2.41. The minimum atomic E-state index is 0.410. The van der Waals surface area contributed by atoms with Gasteiger partial charge in [-0.05, 0) is 11.6 Å². The Bertz CT molecular complexity index is 578. The number of benzene rings is 1. The van der Waals surface area contributed by atoms with Crippen molar-refractivity contribution >= 4 is 17.8 Å². The average Bonchev–Trinajstić information content (AvgIpc) is 2.65. The van der Waals surface area contributed by atoms with Crippen molar-refractivity contribution in [3.05, 3.63) is 42.6 Å². The first-order valence-corrected chi connectivity index (χ1v) is 6.09. The predicted octanol–water partition coefficient (Wildman–Crippen LogP) is 0.687. The Balaban J connectivity index is 2.34. The number of hydrogen-bond acceptors (Lipinski definition) is 1. The van der Waals surface area contributed by atoms with E-state index in [1.165, 1.54) is 22.2 Å². The zero-order valence-corrected chi connectivity index (χ0v) is 10.2. The van der Waals surface area contributed by atoms with Gasteiger partial charge >= 0.3 is 6.71 Å². The highest BCUT2D eigenvalue weighted by atomic mass is 15.3. The van der Waals surface area contributed by atoms with Crippen molar-refractivity contribution in [3.63, 3.8) is 0 Å². The van der Waals surface area contributed by atoms with Gasteiger partial charge < -0.3 is 0 Å². The van der Waals surface area contributed by atoms with Gasteiger partial charge in [0.05, 0.1) is 0 Å². The van der Waals surface area contributed by atoms with Crippen molar-refractivity contribution in [1.29, 1.82) is 0 Å². The summed E-state index contributed by atoms with van der Waals surface area (Å²) in [4.78, 5) is 0. The number of hydrogen-bond donors (Lipinski definition) is 1. The molecule has 1 aromatic carbocycles. The molecule has 2 aromatic rings. The van der Waals surface area contributed by atoms with Crippen molar-refractivity contribution in [2.45, 2.75) is 19.7 Å². The number of nitrogen functional groups attached to an aromatic ring is 1. The number of fused-ring (bicyclic) bond motifs is 3. The number of rotatable bonds is 1. The molecule has 3 rings (SSSR count). The fourth-order valence-corrected chi connectivity index (χ4v) is 2.93. The maximum atomic E-state index is 6.10. The molecule has 0 fully saturated rings. The Kier molecular flexibility index (Phi) is 2.21. The smallest absolute Gasteiger partial charge is 0.206 e. The van der Waals surface area contributed by atoms with Crippen LogP contribution in [0.4, 0.5) is 0 Å². The van der Waals surface area contributed by atoms with Crippen LogP contribution in [0.1, 0.15) is 13.8 Å². The highest BCUT2D eigenvalue weighted by Crippen LogP contribution is 2.24. The van der Waals surface area contributed by atoms with Gasteiger partial charge in [0, 0.05) is 11.6 Å². The van der Waals surface area contributed by atoms with Crippen LogP contribution < -0.4 is 21.6 Å². The van der Waals surface area contributed by atoms with E-state index in [0.29, 0.717) is 12.5 Å². The van der Waals surface area contributed by atoms with Crippen LogP contribution >= 0.6 is 0 Å². The lowest BCUT2D eigenvalue weighted by Gasteiger charge is -2.10. The van der Waals surface area contributed by atoms with Crippen molar-refractivity contribution in [3.8, 4) is 11.1 Å². The van der Waals surface area contributed by atoms with Gasteiger partial charge in [0.1, 0.15) is 0 Å². The van der Waals surface area contributed by atoms with E-state index in [1.54, 1.807) is 4.68 Å². The summed E-state index contributed by atoms with van der Waals surface area (Å²) in [5.74, 6) is 6.65. The molecule has 0 amide bonds. The Labute approximate surface area is 102 Å². The summed E-state index contributed by atoms with van der Waals surface area (Å²) in [7, 11) is 0. The third-order valence-electron chi connectivity index (χ3n) is 3.61. The average molecular weight is 223 g/mol. The van der Waals surface area contributed by atoms with Crippen LogP contribution in [0.5, 0.6) is 0 Å². The van der Waals surface area contributed by atoms with E-state index in [-0.39, 0.29) is 0 Å². The zero-order chi connectivity index (χ0) is 12.0. The van der Waals surface area contributed by atoms with Crippen molar-refractivity contribution in [2.75, 3.05) is 5.84 Å². The molecule has 0 saturated heterocycles. The summed E-state index contributed by atoms with van der Waals surface area (Å²) in [5.41, 5.74) is 5.26. The first kappa shape index (κ1) is 10.4. The molecule has 2 N–H and O–H groups in total. The third-order valence-corrected chi connectivity index (χ3v) is 3.61. The van der Waals surface area contributed by atoms with Crippen molar-refractivity contribution < 1.29 is 4.68 Å². The van der Waals surface area contributed by atoms with Crippen LogP contribution in [-0.2, 0) is 0 Å². The first-order valence-electron chi connectivity index (χ1n) is 6.09. The van der Waals surface area contributed by atoms with Crippen LogP contribution in [-0.4, -0.2) is 6.71 Å². The molecule has 2 heterocycles. The molecular formula is C14H16BN2+. The van der Waals surface area contributed by atoms with Gasteiger partial charge in [-0.1, -0.05) is 54.1 Å². The van der Waals surface area contributed by atoms with Crippen LogP contribution in [0.2, 0.25) is 5.82 Å². The fraction of sp³-hybridized carbons (Fsp3) is 0.214. The van der Waals surface area contributed by atoms with Gasteiger partial charge in [-0.3, -0.25) is 0 Å². The summed E-state index contributed by atoms with van der Waals surface area (Å²) in [5, 5.41) is 0. The van der Waals surface area contributed by atoms with E-state index in [2.05, 4.69) is 44.2 Å². The summed E-state index contributed by atoms with van der Waals surface area (Å²) in [6.07, 6.45) is 1.93. The Morgan fingerprint density at radius 1 is 1.06 bits per heavy atom. The molecule has 1 aromatic heterocycles. The van der Waals surface area contributed by atoms with Gasteiger partial charge in [-0.2, -0.15) is 0 Å². The van der Waals surface area contributed by atoms with Crippen LogP contribution in [0.25, 0.3) is 11.1 Å². The zero-order valence-electron chi connectivity index (χ0n) is 10.2. The molecule has 17 heavy (non-hydrogen) atoms. The third kappa shape index (κ3) is 1.38. The lowest BCUT2D eigenvalue weighted by molar-refractivity contribution is -0.620. The summed E-state index contributed by atoms with van der Waals surface area (Å²) < 4.78 is 1.78. The minimum absolute atomic E-state index is 0.410. The van der Waals surface area contributed by atoms with E-state index in [0.717, 1.165) is 0 Å². The minimum Gasteiger partial charge on any atom is -0.206 e. The molecule has 0 bridgehead atoms. The second kappa shape index (κ2) is 3.62. The summed E-state index contributed by atoms with van der Waals surface area (Å²) in [6, 6.07) is 12.8. The van der Waals surface area contributed by atoms with Gasteiger partial charge in [0.2, 0.25) is 0 Å². The van der Waals surface area contributed by atoms with Crippen molar-refractivity contribution in [2.24, 2.45) is 0 Å². The fourth-order valence-electron chi connectivity index (χ4n) is 2.93. The molecule has 1 aliphatic rings. The lowest BCUT2D eigenvalue weighted by Crippen LogP contribution is -2.64. The van der Waals surface area contributed by atoms with Gasteiger partial charge in [-0.15, -0.1) is 0 Å². The van der Waals surface area contributed by atoms with Gasteiger partial charge in [-0.25, -0.2) is 5.84 Å². The summed E-state index contributed by atoms with van der Waals surface area (Å²) >= 11 is 0. The lowest BCUT2D eigenvalue weighted by atomic mass is 9.38. The van der Waals surface area contributed by atoms with E-state index in [4.69, 9.17) is 5.84 Å². The number of nitrogens with two attached hydrogens (primary N) is 1. The predicted molar refractivity (Wildman–Crippen MR) is 72.3 cm³/mol. The van der Waals surface area contributed by atoms with E-state index in [9.17, 15) is 0 Å². The van der Waals surface area contributed by atoms with E-state index < -0.39 is 0 Å². The Hall–Kier alpha value is -1.77. The molecule has 0 unspecified atom stereocenters. The largest absolute Gasteiger partial charge is 0.301 e. The van der Waals surface area contributed by atoms with Crippen LogP contribution in [0, 0.1) is 0 Å². The van der Waals surface area contributed by atoms with Gasteiger partial charge in [0.15, 0.2) is 11.8 Å². The molecule has 1 aliphatic heterocycles. The number of nitrogens with zero attached hydrogens (tertiary/aromatic N) is 1. The van der Waals surface area contributed by atoms with Gasteiger partial charge in [0.25, 0.3) is 0 Å². The molecule has 3 heteroatoms. The maximum absolute atomic E-state index is 6.10. The molecule has 2 nitrogen and oxygen atoms in total. The highest BCUT2D eigenvalue weighted by molar-refractivity contribution is 6.89. The maximum Gasteiger partial charge on any atom is 0.301 e. The van der Waals surface area contributed by atoms with E-state index >= 15 is 0 Å². The standard InChI is InChI=1S/C14H16BN2/c1-10(2)15-13-8-4-3-6-11(13)12-7-5-9-17(16)14(12)15/h3-10H,16H2,1-2H3/q+1. The Morgan fingerprint density at radius 3 is 2.53 bits per heavy atom. The molecular weight excluding hydrogens is 207 g/mol. The molecule has 0 radical (unpaired) electrons.